The van der Waals surface area contributed by atoms with Gasteiger partial charge >= 0.3 is 0 Å². The zero-order chi connectivity index (χ0) is 13.2. The third kappa shape index (κ3) is 2.31. The minimum Gasteiger partial charge on any atom is -0.233 e. The van der Waals surface area contributed by atoms with Crippen molar-refractivity contribution in [1.82, 2.24) is 9.78 Å². The van der Waals surface area contributed by atoms with Crippen LogP contribution >= 0.6 is 15.9 Å². The number of hydrogen-bond acceptors (Lipinski definition) is 1. The molecule has 3 aromatic rings. The lowest BCUT2D eigenvalue weighted by atomic mass is 10.1. The maximum absolute atomic E-state index is 13.2. The summed E-state index contributed by atoms with van der Waals surface area (Å²) in [5.74, 6) is -0.263. The second-order valence-corrected chi connectivity index (χ2v) is 4.94. The van der Waals surface area contributed by atoms with Crippen molar-refractivity contribution in [2.45, 2.75) is 0 Å². The molecular weight excluding hydrogens is 307 g/mol. The Morgan fingerprint density at radius 1 is 1.00 bits per heavy atom. The van der Waals surface area contributed by atoms with Crippen molar-refractivity contribution in [2.24, 2.45) is 0 Å². The van der Waals surface area contributed by atoms with Gasteiger partial charge in [0.2, 0.25) is 0 Å². The summed E-state index contributed by atoms with van der Waals surface area (Å²) < 4.78 is 15.7. The zero-order valence-corrected chi connectivity index (χ0v) is 11.5. The van der Waals surface area contributed by atoms with Gasteiger partial charge in [-0.1, -0.05) is 18.2 Å². The quantitative estimate of drug-likeness (QED) is 0.683. The maximum atomic E-state index is 13.2. The van der Waals surface area contributed by atoms with Crippen LogP contribution in [0.5, 0.6) is 0 Å². The fourth-order valence-corrected chi connectivity index (χ4v) is 2.53. The van der Waals surface area contributed by atoms with E-state index in [0.717, 1.165) is 16.9 Å². The first kappa shape index (κ1) is 12.1. The van der Waals surface area contributed by atoms with Gasteiger partial charge in [0.05, 0.1) is 17.6 Å². The minimum atomic E-state index is -0.263. The molecule has 0 fully saturated rings. The van der Waals surface area contributed by atoms with E-state index < -0.39 is 0 Å². The summed E-state index contributed by atoms with van der Waals surface area (Å²) in [6.07, 6.45) is 1.73. The molecule has 4 heteroatoms. The second-order valence-electron chi connectivity index (χ2n) is 4.09. The van der Waals surface area contributed by atoms with E-state index in [-0.39, 0.29) is 5.82 Å². The number of halogens is 2. The smallest absolute Gasteiger partial charge is 0.124 e. The maximum Gasteiger partial charge on any atom is 0.124 e. The molecule has 0 unspecified atom stereocenters. The molecule has 1 aromatic heterocycles. The number of benzene rings is 2. The molecular formula is C15H10BrFN2. The third-order valence-corrected chi connectivity index (χ3v) is 3.51. The first-order valence-corrected chi connectivity index (χ1v) is 6.60. The fraction of sp³-hybridized carbons (Fsp3) is 0. The highest BCUT2D eigenvalue weighted by molar-refractivity contribution is 9.10. The lowest BCUT2D eigenvalue weighted by Gasteiger charge is -2.09. The number of nitrogens with zero attached hydrogens (tertiary/aromatic N) is 2. The van der Waals surface area contributed by atoms with Crippen molar-refractivity contribution >= 4 is 15.9 Å². The molecule has 94 valence electrons. The summed E-state index contributed by atoms with van der Waals surface area (Å²) in [6.45, 7) is 0. The van der Waals surface area contributed by atoms with Crippen LogP contribution in [-0.4, -0.2) is 9.78 Å². The van der Waals surface area contributed by atoms with E-state index in [4.69, 9.17) is 0 Å². The van der Waals surface area contributed by atoms with Crippen LogP contribution in [0.4, 0.5) is 4.39 Å². The molecule has 0 spiro atoms. The molecule has 19 heavy (non-hydrogen) atoms. The summed E-state index contributed by atoms with van der Waals surface area (Å²) in [5.41, 5.74) is 2.79. The van der Waals surface area contributed by atoms with Crippen molar-refractivity contribution in [1.29, 1.82) is 0 Å². The van der Waals surface area contributed by atoms with E-state index >= 15 is 0 Å². The lowest BCUT2D eigenvalue weighted by molar-refractivity contribution is 0.627. The Hall–Kier alpha value is -1.94. The summed E-state index contributed by atoms with van der Waals surface area (Å²) in [4.78, 5) is 0. The van der Waals surface area contributed by atoms with Crippen LogP contribution < -0.4 is 0 Å². The first-order valence-electron chi connectivity index (χ1n) is 5.80. The molecule has 0 aliphatic heterocycles. The van der Waals surface area contributed by atoms with E-state index in [2.05, 4.69) is 21.0 Å². The van der Waals surface area contributed by atoms with Crippen LogP contribution in [-0.2, 0) is 0 Å². The molecule has 0 amide bonds. The van der Waals surface area contributed by atoms with Crippen molar-refractivity contribution < 1.29 is 4.39 Å². The van der Waals surface area contributed by atoms with Gasteiger partial charge in [-0.15, -0.1) is 0 Å². The largest absolute Gasteiger partial charge is 0.233 e. The Kier molecular flexibility index (Phi) is 3.17. The molecule has 2 aromatic carbocycles. The van der Waals surface area contributed by atoms with Crippen LogP contribution in [0.25, 0.3) is 16.9 Å². The molecule has 0 saturated carbocycles. The first-order chi connectivity index (χ1) is 9.25. The zero-order valence-electron chi connectivity index (χ0n) is 9.92. The summed E-state index contributed by atoms with van der Waals surface area (Å²) in [5, 5.41) is 4.33. The molecule has 0 radical (unpaired) electrons. The van der Waals surface area contributed by atoms with Gasteiger partial charge in [-0.2, -0.15) is 5.10 Å². The highest BCUT2D eigenvalue weighted by Gasteiger charge is 2.10. The molecule has 0 aliphatic rings. The van der Waals surface area contributed by atoms with E-state index in [9.17, 15) is 4.39 Å². The molecule has 1 heterocycles. The average molecular weight is 317 g/mol. The van der Waals surface area contributed by atoms with Crippen LogP contribution in [0, 0.1) is 5.82 Å². The number of hydrogen-bond donors (Lipinski definition) is 0. The van der Waals surface area contributed by atoms with Gasteiger partial charge in [0.1, 0.15) is 5.82 Å². The summed E-state index contributed by atoms with van der Waals surface area (Å²) >= 11 is 3.39. The SMILES string of the molecule is Fc1ccc(-c2ccnn2-c2ccccc2)c(Br)c1. The van der Waals surface area contributed by atoms with Gasteiger partial charge in [0, 0.05) is 10.0 Å². The Balaban J connectivity index is 2.15. The summed E-state index contributed by atoms with van der Waals surface area (Å²) in [6, 6.07) is 16.4. The highest BCUT2D eigenvalue weighted by Crippen LogP contribution is 2.30. The Bertz CT molecular complexity index is 707. The van der Waals surface area contributed by atoms with Crippen LogP contribution in [0.15, 0.2) is 65.3 Å². The monoisotopic (exact) mass is 316 g/mol. The summed E-state index contributed by atoms with van der Waals surface area (Å²) in [7, 11) is 0. The topological polar surface area (TPSA) is 17.8 Å². The molecule has 0 saturated heterocycles. The Morgan fingerprint density at radius 2 is 1.79 bits per heavy atom. The van der Waals surface area contributed by atoms with E-state index in [1.54, 1.807) is 12.3 Å². The van der Waals surface area contributed by atoms with Gasteiger partial charge < -0.3 is 0 Å². The van der Waals surface area contributed by atoms with Gasteiger partial charge in [-0.3, -0.25) is 0 Å². The minimum absolute atomic E-state index is 0.263. The molecule has 0 N–H and O–H groups in total. The van der Waals surface area contributed by atoms with Gasteiger partial charge in [-0.05, 0) is 52.3 Å². The van der Waals surface area contributed by atoms with Crippen LogP contribution in [0.2, 0.25) is 0 Å². The molecule has 0 atom stereocenters. The highest BCUT2D eigenvalue weighted by atomic mass is 79.9. The Labute approximate surface area is 118 Å². The number of aromatic nitrogens is 2. The van der Waals surface area contributed by atoms with E-state index in [1.807, 2.05) is 41.1 Å². The predicted molar refractivity (Wildman–Crippen MR) is 76.7 cm³/mol. The molecule has 2 nitrogen and oxygen atoms in total. The van der Waals surface area contributed by atoms with Crippen molar-refractivity contribution in [3.05, 3.63) is 71.1 Å². The number of rotatable bonds is 2. The van der Waals surface area contributed by atoms with Gasteiger partial charge in [-0.25, -0.2) is 9.07 Å². The average Bonchev–Trinajstić information content (AvgIpc) is 2.89. The van der Waals surface area contributed by atoms with Gasteiger partial charge in [0.25, 0.3) is 0 Å². The molecule has 0 aliphatic carbocycles. The van der Waals surface area contributed by atoms with Crippen molar-refractivity contribution in [3.63, 3.8) is 0 Å². The van der Waals surface area contributed by atoms with E-state index in [0.29, 0.717) is 4.47 Å². The lowest BCUT2D eigenvalue weighted by Crippen LogP contribution is -1.98. The second kappa shape index (κ2) is 4.97. The van der Waals surface area contributed by atoms with Crippen LogP contribution in [0.1, 0.15) is 0 Å². The van der Waals surface area contributed by atoms with E-state index in [1.165, 1.54) is 12.1 Å². The Morgan fingerprint density at radius 3 is 2.53 bits per heavy atom. The standard InChI is InChI=1S/C15H10BrFN2/c16-14-10-11(17)6-7-13(14)15-8-9-18-19(15)12-4-2-1-3-5-12/h1-10H. The normalized spacial score (nSPS) is 10.6. The van der Waals surface area contributed by atoms with Gasteiger partial charge in [0.15, 0.2) is 0 Å². The van der Waals surface area contributed by atoms with Crippen LogP contribution in [0.3, 0.4) is 0 Å². The fourth-order valence-electron chi connectivity index (χ4n) is 1.98. The van der Waals surface area contributed by atoms with Crippen molar-refractivity contribution in [3.8, 4) is 16.9 Å². The molecule has 0 bridgehead atoms. The number of para-hydroxylation sites is 1. The molecule has 3 rings (SSSR count). The predicted octanol–water partition coefficient (Wildman–Crippen LogP) is 4.44. The van der Waals surface area contributed by atoms with Crippen molar-refractivity contribution in [2.75, 3.05) is 0 Å². The third-order valence-electron chi connectivity index (χ3n) is 2.85.